The van der Waals surface area contributed by atoms with Gasteiger partial charge in [0.2, 0.25) is 0 Å². The summed E-state index contributed by atoms with van der Waals surface area (Å²) in [6.07, 6.45) is 4.18. The topological polar surface area (TPSA) is 30.0 Å². The molecule has 1 aliphatic rings. The molecule has 0 aromatic carbocycles. The quantitative estimate of drug-likeness (QED) is 0.741. The van der Waals surface area contributed by atoms with Crippen LogP contribution in [-0.4, -0.2) is 10.8 Å². The lowest BCUT2D eigenvalue weighted by Gasteiger charge is -1.98. The fraction of sp³-hybridized carbons (Fsp3) is 0.400. The summed E-state index contributed by atoms with van der Waals surface area (Å²) in [7, 11) is 0. The van der Waals surface area contributed by atoms with E-state index >= 15 is 0 Å². The second-order valence-corrected chi connectivity index (χ2v) is 3.82. The van der Waals surface area contributed by atoms with Crippen LogP contribution in [0, 0.1) is 5.92 Å². The average molecular weight is 196 g/mol. The number of carbonyl (C=O) groups excluding carboxylic acids is 1. The van der Waals surface area contributed by atoms with Crippen LogP contribution in [0.25, 0.3) is 0 Å². The van der Waals surface area contributed by atoms with Crippen molar-refractivity contribution in [2.24, 2.45) is 5.92 Å². The molecule has 3 heteroatoms. The third-order valence-electron chi connectivity index (χ3n) is 2.17. The van der Waals surface area contributed by atoms with Crippen LogP contribution in [0.1, 0.15) is 18.5 Å². The van der Waals surface area contributed by atoms with E-state index in [1.54, 1.807) is 18.3 Å². The second kappa shape index (κ2) is 3.46. The molecule has 0 radical (unpaired) electrons. The first-order valence-corrected chi connectivity index (χ1v) is 4.76. The van der Waals surface area contributed by atoms with Crippen LogP contribution in [0.2, 0.25) is 5.02 Å². The minimum Gasteiger partial charge on any atom is -0.299 e. The number of nitrogens with zero attached hydrogens (tertiary/aromatic N) is 1. The van der Waals surface area contributed by atoms with Crippen molar-refractivity contribution in [3.63, 3.8) is 0 Å². The summed E-state index contributed by atoms with van der Waals surface area (Å²) < 4.78 is 0. The zero-order chi connectivity index (χ0) is 9.26. The van der Waals surface area contributed by atoms with Gasteiger partial charge >= 0.3 is 0 Å². The van der Waals surface area contributed by atoms with Crippen LogP contribution < -0.4 is 0 Å². The minimum atomic E-state index is 0.301. The molecule has 1 aromatic rings. The molecule has 2 nitrogen and oxygen atoms in total. The summed E-state index contributed by atoms with van der Waals surface area (Å²) in [4.78, 5) is 15.5. The highest BCUT2D eigenvalue weighted by Crippen LogP contribution is 2.30. The predicted octanol–water partition coefficient (Wildman–Crippen LogP) is 2.26. The Morgan fingerprint density at radius 1 is 1.62 bits per heavy atom. The summed E-state index contributed by atoms with van der Waals surface area (Å²) in [6, 6.07) is 3.47. The number of aromatic nitrogens is 1. The Bertz CT molecular complexity index is 333. The summed E-state index contributed by atoms with van der Waals surface area (Å²) >= 11 is 5.77. The third kappa shape index (κ3) is 2.28. The van der Waals surface area contributed by atoms with Crippen molar-refractivity contribution in [3.05, 3.63) is 29.0 Å². The van der Waals surface area contributed by atoms with Crippen LogP contribution in [0.4, 0.5) is 0 Å². The molecule has 13 heavy (non-hydrogen) atoms. The molecule has 0 aliphatic heterocycles. The van der Waals surface area contributed by atoms with E-state index in [1.807, 2.05) is 0 Å². The Hall–Kier alpha value is -0.890. The number of pyridine rings is 1. The SMILES string of the molecule is O=C(Cc1cc(Cl)ccn1)C1CC1. The lowest BCUT2D eigenvalue weighted by Crippen LogP contribution is -2.05. The Balaban J connectivity index is 2.04. The highest BCUT2D eigenvalue weighted by atomic mass is 35.5. The Morgan fingerprint density at radius 3 is 3.00 bits per heavy atom. The molecule has 1 saturated carbocycles. The molecule has 1 aromatic heterocycles. The number of rotatable bonds is 3. The molecule has 68 valence electrons. The van der Waals surface area contributed by atoms with E-state index < -0.39 is 0 Å². The number of hydrogen-bond donors (Lipinski definition) is 0. The van der Waals surface area contributed by atoms with E-state index in [1.165, 1.54) is 0 Å². The van der Waals surface area contributed by atoms with Crippen molar-refractivity contribution >= 4 is 17.4 Å². The average Bonchev–Trinajstić information content (AvgIpc) is 2.85. The van der Waals surface area contributed by atoms with Crippen LogP contribution in [0.3, 0.4) is 0 Å². The Kier molecular flexibility index (Phi) is 2.32. The van der Waals surface area contributed by atoms with Crippen molar-refractivity contribution in [1.29, 1.82) is 0 Å². The number of ketones is 1. The van der Waals surface area contributed by atoms with Gasteiger partial charge in [-0.3, -0.25) is 9.78 Å². The number of Topliss-reactive ketones (excluding diaryl/α,β-unsaturated/α-hetero) is 1. The van der Waals surface area contributed by atoms with Crippen LogP contribution in [0.5, 0.6) is 0 Å². The molecular weight excluding hydrogens is 186 g/mol. The fourth-order valence-electron chi connectivity index (χ4n) is 1.27. The summed E-state index contributed by atoms with van der Waals surface area (Å²) in [5.74, 6) is 0.607. The third-order valence-corrected chi connectivity index (χ3v) is 2.40. The smallest absolute Gasteiger partial charge is 0.141 e. The predicted molar refractivity (Wildman–Crippen MR) is 50.7 cm³/mol. The van der Waals surface area contributed by atoms with E-state index in [0.717, 1.165) is 18.5 Å². The van der Waals surface area contributed by atoms with Crippen molar-refractivity contribution in [1.82, 2.24) is 4.98 Å². The largest absolute Gasteiger partial charge is 0.299 e. The highest BCUT2D eigenvalue weighted by Gasteiger charge is 2.29. The van der Waals surface area contributed by atoms with Crippen LogP contribution >= 0.6 is 11.6 Å². The Morgan fingerprint density at radius 2 is 2.38 bits per heavy atom. The molecular formula is C10H10ClNO. The van der Waals surface area contributed by atoms with Crippen molar-refractivity contribution in [3.8, 4) is 0 Å². The van der Waals surface area contributed by atoms with Gasteiger partial charge in [-0.2, -0.15) is 0 Å². The maximum absolute atomic E-state index is 11.4. The lowest BCUT2D eigenvalue weighted by atomic mass is 10.1. The van der Waals surface area contributed by atoms with Gasteiger partial charge in [0, 0.05) is 29.3 Å². The zero-order valence-corrected chi connectivity index (χ0v) is 7.92. The van der Waals surface area contributed by atoms with E-state index in [9.17, 15) is 4.79 Å². The maximum atomic E-state index is 11.4. The summed E-state index contributed by atoms with van der Waals surface area (Å²) in [5, 5.41) is 0.647. The zero-order valence-electron chi connectivity index (χ0n) is 7.16. The summed E-state index contributed by atoms with van der Waals surface area (Å²) in [6.45, 7) is 0. The maximum Gasteiger partial charge on any atom is 0.141 e. The molecule has 0 atom stereocenters. The minimum absolute atomic E-state index is 0.301. The fourth-order valence-corrected chi connectivity index (χ4v) is 1.46. The van der Waals surface area contributed by atoms with Crippen molar-refractivity contribution < 1.29 is 4.79 Å². The first-order valence-electron chi connectivity index (χ1n) is 4.39. The monoisotopic (exact) mass is 195 g/mol. The molecule has 0 unspecified atom stereocenters. The number of hydrogen-bond acceptors (Lipinski definition) is 2. The van der Waals surface area contributed by atoms with Gasteiger partial charge in [0.05, 0.1) is 0 Å². The number of carbonyl (C=O) groups is 1. The van der Waals surface area contributed by atoms with Crippen molar-refractivity contribution in [2.45, 2.75) is 19.3 Å². The molecule has 0 N–H and O–H groups in total. The standard InChI is InChI=1S/C10H10ClNO/c11-8-3-4-12-9(5-8)6-10(13)7-1-2-7/h3-5,7H,1-2,6H2. The molecule has 1 fully saturated rings. The normalized spacial score (nSPS) is 15.8. The van der Waals surface area contributed by atoms with Gasteiger partial charge in [-0.15, -0.1) is 0 Å². The summed E-state index contributed by atoms with van der Waals surface area (Å²) in [5.41, 5.74) is 0.782. The lowest BCUT2D eigenvalue weighted by molar-refractivity contribution is -0.119. The van der Waals surface area contributed by atoms with Gasteiger partial charge in [0.15, 0.2) is 0 Å². The van der Waals surface area contributed by atoms with E-state index in [-0.39, 0.29) is 0 Å². The molecule has 0 amide bonds. The van der Waals surface area contributed by atoms with Gasteiger partial charge in [0.25, 0.3) is 0 Å². The Labute approximate surface area is 81.9 Å². The first kappa shape index (κ1) is 8.70. The van der Waals surface area contributed by atoms with E-state index in [4.69, 9.17) is 11.6 Å². The molecule has 1 aliphatic carbocycles. The van der Waals surface area contributed by atoms with E-state index in [2.05, 4.69) is 4.98 Å². The first-order chi connectivity index (χ1) is 6.25. The van der Waals surface area contributed by atoms with Gasteiger partial charge in [-0.1, -0.05) is 11.6 Å². The van der Waals surface area contributed by atoms with Crippen LogP contribution in [-0.2, 0) is 11.2 Å². The molecule has 0 spiro atoms. The highest BCUT2D eigenvalue weighted by molar-refractivity contribution is 6.30. The van der Waals surface area contributed by atoms with Gasteiger partial charge in [-0.25, -0.2) is 0 Å². The van der Waals surface area contributed by atoms with Crippen LogP contribution in [0.15, 0.2) is 18.3 Å². The second-order valence-electron chi connectivity index (χ2n) is 3.38. The molecule has 1 heterocycles. The van der Waals surface area contributed by atoms with Crippen molar-refractivity contribution in [2.75, 3.05) is 0 Å². The van der Waals surface area contributed by atoms with E-state index in [0.29, 0.717) is 23.1 Å². The molecule has 2 rings (SSSR count). The van der Waals surface area contributed by atoms with Gasteiger partial charge in [-0.05, 0) is 25.0 Å². The molecule has 0 bridgehead atoms. The number of halogens is 1. The van der Waals surface area contributed by atoms with Gasteiger partial charge < -0.3 is 0 Å². The van der Waals surface area contributed by atoms with Gasteiger partial charge in [0.1, 0.15) is 5.78 Å². The molecule has 0 saturated heterocycles.